The van der Waals surface area contributed by atoms with E-state index in [9.17, 15) is 0 Å². The molecule has 2 aliphatic heterocycles. The monoisotopic (exact) mass is 382 g/mol. The van der Waals surface area contributed by atoms with Gasteiger partial charge in [0.05, 0.1) is 13.2 Å². The third-order valence-corrected chi connectivity index (χ3v) is 5.47. The molecule has 0 atom stereocenters. The molecule has 0 bridgehead atoms. The summed E-state index contributed by atoms with van der Waals surface area (Å²) < 4.78 is 5.47. The highest BCUT2D eigenvalue weighted by Crippen LogP contribution is 2.21. The molecule has 0 N–H and O–H groups in total. The van der Waals surface area contributed by atoms with Crippen molar-refractivity contribution in [3.8, 4) is 0 Å². The molecule has 0 aliphatic carbocycles. The summed E-state index contributed by atoms with van der Waals surface area (Å²) in [5, 5.41) is 0. The maximum absolute atomic E-state index is 5.47. The van der Waals surface area contributed by atoms with Gasteiger partial charge in [-0.2, -0.15) is 0 Å². The molecule has 0 aromatic carbocycles. The molecule has 4 heterocycles. The summed E-state index contributed by atoms with van der Waals surface area (Å²) in [6.45, 7) is 12.6. The Kier molecular flexibility index (Phi) is 6.02. The van der Waals surface area contributed by atoms with Crippen LogP contribution in [0, 0.1) is 13.8 Å². The zero-order valence-electron chi connectivity index (χ0n) is 17.0. The van der Waals surface area contributed by atoms with Crippen molar-refractivity contribution < 1.29 is 4.74 Å². The van der Waals surface area contributed by atoms with Gasteiger partial charge in [-0.05, 0) is 26.0 Å². The summed E-state index contributed by atoms with van der Waals surface area (Å²) in [6.07, 6.45) is 1.01. The van der Waals surface area contributed by atoms with Gasteiger partial charge in [-0.1, -0.05) is 6.07 Å². The third-order valence-electron chi connectivity index (χ3n) is 5.47. The Hall–Kier alpha value is -2.25. The smallest absolute Gasteiger partial charge is 0.134 e. The van der Waals surface area contributed by atoms with Crippen LogP contribution in [-0.2, 0) is 11.2 Å². The van der Waals surface area contributed by atoms with E-state index in [1.54, 1.807) is 0 Å². The van der Waals surface area contributed by atoms with Crippen LogP contribution in [0.1, 0.15) is 17.2 Å². The van der Waals surface area contributed by atoms with Gasteiger partial charge in [0.1, 0.15) is 17.5 Å². The van der Waals surface area contributed by atoms with Crippen molar-refractivity contribution in [3.05, 3.63) is 41.5 Å². The normalized spacial score (nSPS) is 18.5. The molecule has 2 saturated heterocycles. The highest BCUT2D eigenvalue weighted by atomic mass is 16.5. The van der Waals surface area contributed by atoms with Gasteiger partial charge < -0.3 is 14.5 Å². The first-order valence-electron chi connectivity index (χ1n) is 10.3. The van der Waals surface area contributed by atoms with Crippen molar-refractivity contribution in [2.75, 3.05) is 68.8 Å². The van der Waals surface area contributed by atoms with E-state index >= 15 is 0 Å². The van der Waals surface area contributed by atoms with Gasteiger partial charge in [-0.25, -0.2) is 9.97 Å². The van der Waals surface area contributed by atoms with E-state index in [1.807, 2.05) is 6.92 Å². The first kappa shape index (κ1) is 19.1. The molecule has 0 spiro atoms. The Labute approximate surface area is 167 Å². The number of anilines is 2. The summed E-state index contributed by atoms with van der Waals surface area (Å²) in [5.74, 6) is 2.92. The minimum Gasteiger partial charge on any atom is -0.378 e. The van der Waals surface area contributed by atoms with Gasteiger partial charge in [-0.3, -0.25) is 9.88 Å². The first-order chi connectivity index (χ1) is 13.7. The minimum atomic E-state index is 0.771. The number of nitrogens with zero attached hydrogens (tertiary/aromatic N) is 6. The van der Waals surface area contributed by atoms with Crippen LogP contribution < -0.4 is 9.80 Å². The summed E-state index contributed by atoms with van der Waals surface area (Å²) in [4.78, 5) is 21.2. The molecule has 2 aromatic rings. The van der Waals surface area contributed by atoms with Crippen LogP contribution in [0.5, 0.6) is 0 Å². The number of aryl methyl sites for hydroxylation is 2. The highest BCUT2D eigenvalue weighted by Gasteiger charge is 2.20. The second-order valence-electron chi connectivity index (χ2n) is 7.58. The second kappa shape index (κ2) is 8.84. The van der Waals surface area contributed by atoms with Gasteiger partial charge in [0.2, 0.25) is 0 Å². The average Bonchev–Trinajstić information content (AvgIpc) is 2.73. The summed E-state index contributed by atoms with van der Waals surface area (Å²) >= 11 is 0. The van der Waals surface area contributed by atoms with Crippen LogP contribution in [0.15, 0.2) is 24.3 Å². The molecular formula is C21H30N6O. The zero-order chi connectivity index (χ0) is 19.3. The average molecular weight is 383 g/mol. The van der Waals surface area contributed by atoms with Crippen LogP contribution >= 0.6 is 0 Å². The molecule has 7 nitrogen and oxygen atoms in total. The molecule has 0 unspecified atom stereocenters. The summed E-state index contributed by atoms with van der Waals surface area (Å²) in [7, 11) is 0. The maximum atomic E-state index is 5.47. The Morgan fingerprint density at radius 1 is 0.857 bits per heavy atom. The lowest BCUT2D eigenvalue weighted by Gasteiger charge is -2.36. The quantitative estimate of drug-likeness (QED) is 0.780. The molecule has 0 saturated carbocycles. The predicted molar refractivity (Wildman–Crippen MR) is 111 cm³/mol. The number of hydrogen-bond acceptors (Lipinski definition) is 7. The molecular weight excluding hydrogens is 352 g/mol. The van der Waals surface area contributed by atoms with Gasteiger partial charge in [0.15, 0.2) is 0 Å². The van der Waals surface area contributed by atoms with E-state index in [-0.39, 0.29) is 0 Å². The van der Waals surface area contributed by atoms with Gasteiger partial charge >= 0.3 is 0 Å². The van der Waals surface area contributed by atoms with Crippen molar-refractivity contribution in [2.45, 2.75) is 20.3 Å². The third kappa shape index (κ3) is 4.77. The molecule has 150 valence electrons. The van der Waals surface area contributed by atoms with Crippen molar-refractivity contribution in [1.82, 2.24) is 19.9 Å². The minimum absolute atomic E-state index is 0.771. The number of pyridine rings is 1. The largest absolute Gasteiger partial charge is 0.378 e. The number of piperazine rings is 1. The van der Waals surface area contributed by atoms with Gasteiger partial charge in [0, 0.05) is 69.7 Å². The van der Waals surface area contributed by atoms with Crippen molar-refractivity contribution in [2.24, 2.45) is 0 Å². The lowest BCUT2D eigenvalue weighted by molar-refractivity contribution is 0.122. The molecule has 2 aliphatic rings. The number of aromatic nitrogens is 3. The number of ether oxygens (including phenoxy) is 1. The van der Waals surface area contributed by atoms with E-state index in [0.29, 0.717) is 0 Å². The van der Waals surface area contributed by atoms with Crippen LogP contribution in [0.2, 0.25) is 0 Å². The molecule has 2 fully saturated rings. The van der Waals surface area contributed by atoms with Crippen molar-refractivity contribution in [3.63, 3.8) is 0 Å². The van der Waals surface area contributed by atoms with Gasteiger partial charge in [0.25, 0.3) is 0 Å². The lowest BCUT2D eigenvalue weighted by Crippen LogP contribution is -2.47. The Morgan fingerprint density at radius 2 is 1.54 bits per heavy atom. The fourth-order valence-electron chi connectivity index (χ4n) is 3.86. The molecule has 0 radical (unpaired) electrons. The standard InChI is InChI=1S/C21H30N6O/c1-17-4-3-5-19(22-17)6-7-25-8-10-26(11-9-25)20-16-21(24-18(2)23-20)27-12-14-28-15-13-27/h3-5,16H,6-15H2,1-2H3. The van der Waals surface area contributed by atoms with E-state index in [4.69, 9.17) is 9.72 Å². The number of rotatable bonds is 5. The predicted octanol–water partition coefficient (Wildman–Crippen LogP) is 1.69. The Bertz CT molecular complexity index is 784. The van der Waals surface area contributed by atoms with Crippen molar-refractivity contribution in [1.29, 1.82) is 0 Å². The van der Waals surface area contributed by atoms with Gasteiger partial charge in [-0.15, -0.1) is 0 Å². The van der Waals surface area contributed by atoms with E-state index in [1.165, 1.54) is 5.69 Å². The van der Waals surface area contributed by atoms with Crippen LogP contribution in [-0.4, -0.2) is 78.9 Å². The SMILES string of the molecule is Cc1cccc(CCN2CCN(c3cc(N4CCOCC4)nc(C)n3)CC2)n1. The first-order valence-corrected chi connectivity index (χ1v) is 10.3. The lowest BCUT2D eigenvalue weighted by atomic mass is 10.2. The van der Waals surface area contributed by atoms with E-state index < -0.39 is 0 Å². The summed E-state index contributed by atoms with van der Waals surface area (Å²) in [6, 6.07) is 8.42. The number of morpholine rings is 1. The topological polar surface area (TPSA) is 57.6 Å². The molecule has 7 heteroatoms. The highest BCUT2D eigenvalue weighted by molar-refractivity contribution is 5.51. The molecule has 4 rings (SSSR count). The fourth-order valence-corrected chi connectivity index (χ4v) is 3.86. The maximum Gasteiger partial charge on any atom is 0.134 e. The molecule has 0 amide bonds. The number of hydrogen-bond donors (Lipinski definition) is 0. The molecule has 28 heavy (non-hydrogen) atoms. The van der Waals surface area contributed by atoms with E-state index in [0.717, 1.165) is 88.6 Å². The van der Waals surface area contributed by atoms with Crippen molar-refractivity contribution >= 4 is 11.6 Å². The fraction of sp³-hybridized carbons (Fsp3) is 0.571. The summed E-state index contributed by atoms with van der Waals surface area (Å²) in [5.41, 5.74) is 2.28. The molecule has 2 aromatic heterocycles. The van der Waals surface area contributed by atoms with Crippen LogP contribution in [0.3, 0.4) is 0 Å². The second-order valence-corrected chi connectivity index (χ2v) is 7.58. The van der Waals surface area contributed by atoms with E-state index in [2.05, 4.69) is 55.9 Å². The van der Waals surface area contributed by atoms with Crippen LogP contribution in [0.25, 0.3) is 0 Å². The van der Waals surface area contributed by atoms with Crippen LogP contribution in [0.4, 0.5) is 11.6 Å². The zero-order valence-corrected chi connectivity index (χ0v) is 17.0. The Balaban J connectivity index is 1.33. The Morgan fingerprint density at radius 3 is 2.21 bits per heavy atom.